The topological polar surface area (TPSA) is 67.9 Å². The number of alkyl halides is 3. The van der Waals surface area contributed by atoms with Gasteiger partial charge in [-0.25, -0.2) is 13.1 Å². The molecule has 0 aliphatic carbocycles. The Hall–Kier alpha value is -2.30. The molecule has 1 N–H and O–H groups in total. The Balaban J connectivity index is 1.83. The Labute approximate surface area is 180 Å². The van der Waals surface area contributed by atoms with E-state index >= 15 is 0 Å². The molecule has 1 saturated heterocycles. The molecule has 3 rings (SSSR count). The van der Waals surface area contributed by atoms with Crippen molar-refractivity contribution in [2.75, 3.05) is 26.7 Å². The molecule has 0 amide bonds. The van der Waals surface area contributed by atoms with Gasteiger partial charge in [-0.1, -0.05) is 30.7 Å². The molecule has 2 aromatic rings. The number of ether oxygens (including phenoxy) is 2. The summed E-state index contributed by atoms with van der Waals surface area (Å²) in [6, 6.07) is 11.8. The number of nitrogens with zero attached hydrogens (tertiary/aromatic N) is 1. The number of halogens is 3. The lowest BCUT2D eigenvalue weighted by Crippen LogP contribution is -2.40. The van der Waals surface area contributed by atoms with E-state index in [9.17, 15) is 21.6 Å². The highest BCUT2D eigenvalue weighted by molar-refractivity contribution is 7.89. The molecule has 1 unspecified atom stereocenters. The van der Waals surface area contributed by atoms with Gasteiger partial charge in [0.1, 0.15) is 16.4 Å². The summed E-state index contributed by atoms with van der Waals surface area (Å²) >= 11 is 0. The third kappa shape index (κ3) is 6.34. The number of nitrogens with one attached hydrogen (secondary N) is 1. The quantitative estimate of drug-likeness (QED) is 0.645. The lowest BCUT2D eigenvalue weighted by Gasteiger charge is -2.35. The van der Waals surface area contributed by atoms with E-state index in [1.165, 1.54) is 12.1 Å². The molecule has 31 heavy (non-hydrogen) atoms. The number of sulfonamides is 1. The number of benzene rings is 2. The molecule has 2 aromatic carbocycles. The van der Waals surface area contributed by atoms with Crippen molar-refractivity contribution in [3.8, 4) is 11.5 Å². The van der Waals surface area contributed by atoms with Gasteiger partial charge in [0.25, 0.3) is 0 Å². The van der Waals surface area contributed by atoms with Gasteiger partial charge in [0.05, 0.1) is 7.11 Å². The van der Waals surface area contributed by atoms with E-state index < -0.39 is 27.0 Å². The molecule has 1 aliphatic rings. The van der Waals surface area contributed by atoms with Gasteiger partial charge < -0.3 is 9.47 Å². The second kappa shape index (κ2) is 9.88. The van der Waals surface area contributed by atoms with Crippen LogP contribution in [0, 0.1) is 0 Å². The first kappa shape index (κ1) is 23.4. The van der Waals surface area contributed by atoms with Crippen LogP contribution in [-0.4, -0.2) is 46.4 Å². The van der Waals surface area contributed by atoms with E-state index in [2.05, 4.69) is 14.4 Å². The standard InChI is InChI=1S/C21H25F3N2O4S/c1-29-17-11-9-16(10-12-17)18(26-13-5-2-6-14-26)15-25-31(27,28)20-8-4-3-7-19(20)30-21(22,23)24/h3-4,7-12,18,25H,2,5-6,13-15H2,1H3. The molecule has 0 radical (unpaired) electrons. The molecule has 0 bridgehead atoms. The molecule has 6 nitrogen and oxygen atoms in total. The van der Waals surface area contributed by atoms with Crippen molar-refractivity contribution in [1.82, 2.24) is 9.62 Å². The van der Waals surface area contributed by atoms with Crippen molar-refractivity contribution in [1.29, 1.82) is 0 Å². The minimum Gasteiger partial charge on any atom is -0.497 e. The summed E-state index contributed by atoms with van der Waals surface area (Å²) in [5.41, 5.74) is 0.894. The van der Waals surface area contributed by atoms with Gasteiger partial charge in [-0.05, 0) is 55.8 Å². The fourth-order valence-electron chi connectivity index (χ4n) is 3.66. The van der Waals surface area contributed by atoms with Gasteiger partial charge in [0.2, 0.25) is 10.0 Å². The maximum absolute atomic E-state index is 12.9. The van der Waals surface area contributed by atoms with Crippen molar-refractivity contribution in [2.24, 2.45) is 0 Å². The van der Waals surface area contributed by atoms with Crippen molar-refractivity contribution >= 4 is 10.0 Å². The fraction of sp³-hybridized carbons (Fsp3) is 0.429. The lowest BCUT2D eigenvalue weighted by atomic mass is 10.0. The number of rotatable bonds is 8. The molecule has 170 valence electrons. The number of piperidine rings is 1. The molecule has 0 aromatic heterocycles. The largest absolute Gasteiger partial charge is 0.573 e. The molecular formula is C21H25F3N2O4S. The van der Waals surface area contributed by atoms with Crippen LogP contribution < -0.4 is 14.2 Å². The van der Waals surface area contributed by atoms with Crippen LogP contribution in [0.25, 0.3) is 0 Å². The van der Waals surface area contributed by atoms with Gasteiger partial charge in [-0.2, -0.15) is 0 Å². The van der Waals surface area contributed by atoms with Crippen LogP contribution >= 0.6 is 0 Å². The molecule has 1 aliphatic heterocycles. The van der Waals surface area contributed by atoms with E-state index in [0.717, 1.165) is 50.0 Å². The third-order valence-corrected chi connectivity index (χ3v) is 6.63. The summed E-state index contributed by atoms with van der Waals surface area (Å²) in [6.45, 7) is 1.63. The number of para-hydroxylation sites is 1. The zero-order chi connectivity index (χ0) is 22.5. The average molecular weight is 459 g/mol. The van der Waals surface area contributed by atoms with Gasteiger partial charge in [0, 0.05) is 12.6 Å². The van der Waals surface area contributed by atoms with Crippen molar-refractivity contribution in [3.05, 3.63) is 54.1 Å². The third-order valence-electron chi connectivity index (χ3n) is 5.16. The molecule has 1 fully saturated rings. The van der Waals surface area contributed by atoms with Crippen LogP contribution in [0.1, 0.15) is 30.9 Å². The van der Waals surface area contributed by atoms with Gasteiger partial charge in [-0.3, -0.25) is 4.90 Å². The van der Waals surface area contributed by atoms with E-state index in [1.807, 2.05) is 12.1 Å². The minimum absolute atomic E-state index is 0.00894. The number of hydrogen-bond donors (Lipinski definition) is 1. The molecule has 1 atom stereocenters. The average Bonchev–Trinajstić information content (AvgIpc) is 2.74. The minimum atomic E-state index is -4.99. The number of hydrogen-bond acceptors (Lipinski definition) is 5. The maximum atomic E-state index is 12.9. The van der Waals surface area contributed by atoms with E-state index in [-0.39, 0.29) is 12.6 Å². The van der Waals surface area contributed by atoms with Crippen molar-refractivity contribution in [2.45, 2.75) is 36.6 Å². The first-order valence-electron chi connectivity index (χ1n) is 9.92. The summed E-state index contributed by atoms with van der Waals surface area (Å²) in [7, 11) is -2.68. The molecule has 1 heterocycles. The monoisotopic (exact) mass is 458 g/mol. The Bertz CT molecular complexity index is 959. The van der Waals surface area contributed by atoms with E-state index in [0.29, 0.717) is 5.75 Å². The highest BCUT2D eigenvalue weighted by Crippen LogP contribution is 2.30. The highest BCUT2D eigenvalue weighted by atomic mass is 32.2. The first-order chi connectivity index (χ1) is 14.7. The highest BCUT2D eigenvalue weighted by Gasteiger charge is 2.34. The smallest absolute Gasteiger partial charge is 0.497 e. The van der Waals surface area contributed by atoms with Crippen LogP contribution in [0.2, 0.25) is 0 Å². The van der Waals surface area contributed by atoms with Crippen LogP contribution in [-0.2, 0) is 10.0 Å². The normalized spacial score (nSPS) is 16.6. The molecular weight excluding hydrogens is 433 g/mol. The fourth-order valence-corrected chi connectivity index (χ4v) is 4.83. The Morgan fingerprint density at radius 3 is 2.29 bits per heavy atom. The van der Waals surface area contributed by atoms with E-state index in [1.54, 1.807) is 19.2 Å². The van der Waals surface area contributed by atoms with Crippen LogP contribution in [0.4, 0.5) is 13.2 Å². The summed E-state index contributed by atoms with van der Waals surface area (Å²) in [6.07, 6.45) is -1.88. The Morgan fingerprint density at radius 2 is 1.68 bits per heavy atom. The lowest BCUT2D eigenvalue weighted by molar-refractivity contribution is -0.275. The van der Waals surface area contributed by atoms with Crippen molar-refractivity contribution in [3.63, 3.8) is 0 Å². The zero-order valence-electron chi connectivity index (χ0n) is 17.1. The zero-order valence-corrected chi connectivity index (χ0v) is 17.9. The summed E-state index contributed by atoms with van der Waals surface area (Å²) < 4.78 is 75.4. The summed E-state index contributed by atoms with van der Waals surface area (Å²) in [5, 5.41) is 0. The maximum Gasteiger partial charge on any atom is 0.573 e. The van der Waals surface area contributed by atoms with Crippen LogP contribution in [0.3, 0.4) is 0 Å². The number of likely N-dealkylation sites (tertiary alicyclic amines) is 1. The Morgan fingerprint density at radius 1 is 1.03 bits per heavy atom. The SMILES string of the molecule is COc1ccc(C(CNS(=O)(=O)c2ccccc2OC(F)(F)F)N2CCCCC2)cc1. The molecule has 10 heteroatoms. The van der Waals surface area contributed by atoms with E-state index in [4.69, 9.17) is 4.74 Å². The predicted molar refractivity (Wildman–Crippen MR) is 109 cm³/mol. The van der Waals surface area contributed by atoms with Crippen molar-refractivity contribution < 1.29 is 31.1 Å². The number of methoxy groups -OCH3 is 1. The second-order valence-electron chi connectivity index (χ2n) is 7.23. The van der Waals surface area contributed by atoms with Gasteiger partial charge >= 0.3 is 6.36 Å². The predicted octanol–water partition coefficient (Wildman–Crippen LogP) is 4.10. The summed E-state index contributed by atoms with van der Waals surface area (Å²) in [4.78, 5) is 1.63. The van der Waals surface area contributed by atoms with Gasteiger partial charge in [-0.15, -0.1) is 13.2 Å². The summed E-state index contributed by atoms with van der Waals surface area (Å²) in [5.74, 6) is -0.0820. The van der Waals surface area contributed by atoms with Gasteiger partial charge in [0.15, 0.2) is 0 Å². The second-order valence-corrected chi connectivity index (χ2v) is 8.97. The van der Waals surface area contributed by atoms with Crippen LogP contribution in [0.5, 0.6) is 11.5 Å². The Kier molecular flexibility index (Phi) is 7.45. The first-order valence-corrected chi connectivity index (χ1v) is 11.4. The van der Waals surface area contributed by atoms with Crippen LogP contribution in [0.15, 0.2) is 53.4 Å². The molecule has 0 spiro atoms. The molecule has 0 saturated carbocycles.